The summed E-state index contributed by atoms with van der Waals surface area (Å²) in [5.41, 5.74) is 0.360. The van der Waals surface area contributed by atoms with Crippen molar-refractivity contribution in [3.8, 4) is 17.7 Å². The molecule has 0 amide bonds. The van der Waals surface area contributed by atoms with Crippen LogP contribution in [0.1, 0.15) is 34.0 Å². The first-order valence-corrected chi connectivity index (χ1v) is 8.54. The molecule has 27 heavy (non-hydrogen) atoms. The highest BCUT2D eigenvalue weighted by atomic mass is 16.5. The topological polar surface area (TPSA) is 102 Å². The maximum atomic E-state index is 12.6. The van der Waals surface area contributed by atoms with Crippen LogP contribution < -0.4 is 10.3 Å². The van der Waals surface area contributed by atoms with Gasteiger partial charge < -0.3 is 14.6 Å². The number of methoxy groups -OCH3 is 1. The molecule has 0 atom stereocenters. The molecule has 0 spiro atoms. The van der Waals surface area contributed by atoms with Crippen LogP contribution in [0.4, 0.5) is 0 Å². The molecule has 142 valence electrons. The second-order valence-corrected chi connectivity index (χ2v) is 5.97. The lowest BCUT2D eigenvalue weighted by Gasteiger charge is -2.15. The summed E-state index contributed by atoms with van der Waals surface area (Å²) >= 11 is 0. The van der Waals surface area contributed by atoms with Gasteiger partial charge in [0, 0.05) is 7.11 Å². The third-order valence-corrected chi connectivity index (χ3v) is 4.30. The van der Waals surface area contributed by atoms with Crippen LogP contribution in [0.2, 0.25) is 0 Å². The van der Waals surface area contributed by atoms with E-state index >= 15 is 0 Å². The number of nitrogens with zero attached hydrogens (tertiary/aromatic N) is 2. The molecule has 0 bridgehead atoms. The maximum Gasteiger partial charge on any atom is 0.271 e. The van der Waals surface area contributed by atoms with Gasteiger partial charge in [-0.05, 0) is 36.6 Å². The molecule has 0 radical (unpaired) electrons. The molecule has 2 rings (SSSR count). The van der Waals surface area contributed by atoms with Gasteiger partial charge in [-0.2, -0.15) is 5.26 Å². The lowest BCUT2D eigenvalue weighted by Crippen LogP contribution is -2.29. The quantitative estimate of drug-likeness (QED) is 0.715. The van der Waals surface area contributed by atoms with Crippen molar-refractivity contribution in [2.45, 2.75) is 26.8 Å². The van der Waals surface area contributed by atoms with Crippen LogP contribution in [0.25, 0.3) is 0 Å². The van der Waals surface area contributed by atoms with E-state index in [2.05, 4.69) is 0 Å². The number of carbonyl (C=O) groups excluding carboxylic acids is 1. The van der Waals surface area contributed by atoms with Gasteiger partial charge in [0.05, 0.1) is 18.7 Å². The molecule has 2 aromatic rings. The summed E-state index contributed by atoms with van der Waals surface area (Å²) in [6.07, 6.45) is 0.895. The Kier molecular flexibility index (Phi) is 6.74. The van der Waals surface area contributed by atoms with Crippen molar-refractivity contribution >= 4 is 5.78 Å². The highest BCUT2D eigenvalue weighted by molar-refractivity contribution is 6.01. The minimum absolute atomic E-state index is 0.0236. The summed E-state index contributed by atoms with van der Waals surface area (Å²) in [4.78, 5) is 25.0. The molecule has 0 fully saturated rings. The highest BCUT2D eigenvalue weighted by Gasteiger charge is 2.24. The number of aryl methyl sites for hydroxylation is 1. The number of hydrogen-bond donors (Lipinski definition) is 1. The minimum atomic E-state index is -0.655. The predicted octanol–water partition coefficient (Wildman–Crippen LogP) is 2.20. The van der Waals surface area contributed by atoms with Crippen LogP contribution in [-0.2, 0) is 17.7 Å². The average Bonchev–Trinajstić information content (AvgIpc) is 2.67. The Morgan fingerprint density at radius 3 is 2.52 bits per heavy atom. The zero-order chi connectivity index (χ0) is 20.0. The van der Waals surface area contributed by atoms with Gasteiger partial charge in [0.25, 0.3) is 5.56 Å². The normalized spacial score (nSPS) is 10.4. The van der Waals surface area contributed by atoms with Gasteiger partial charge >= 0.3 is 0 Å². The van der Waals surface area contributed by atoms with Gasteiger partial charge in [-0.1, -0.05) is 19.1 Å². The van der Waals surface area contributed by atoms with Gasteiger partial charge in [0.2, 0.25) is 11.7 Å². The second-order valence-electron chi connectivity index (χ2n) is 5.97. The van der Waals surface area contributed by atoms with Crippen molar-refractivity contribution in [2.24, 2.45) is 0 Å². The number of ketones is 1. The molecule has 0 aliphatic rings. The number of hydrogen-bond acceptors (Lipinski definition) is 6. The summed E-state index contributed by atoms with van der Waals surface area (Å²) < 4.78 is 11.4. The molecule has 0 unspecified atom stereocenters. The largest absolute Gasteiger partial charge is 0.494 e. The molecule has 0 aliphatic heterocycles. The van der Waals surface area contributed by atoms with Crippen molar-refractivity contribution in [1.82, 2.24) is 4.57 Å². The Morgan fingerprint density at radius 1 is 1.30 bits per heavy atom. The summed E-state index contributed by atoms with van der Waals surface area (Å²) in [5, 5.41) is 19.7. The highest BCUT2D eigenvalue weighted by Crippen LogP contribution is 2.23. The Bertz CT molecular complexity index is 923. The van der Waals surface area contributed by atoms with Crippen molar-refractivity contribution in [3.63, 3.8) is 0 Å². The third kappa shape index (κ3) is 4.36. The number of carbonyl (C=O) groups is 1. The monoisotopic (exact) mass is 370 g/mol. The molecule has 1 aromatic heterocycles. The van der Waals surface area contributed by atoms with Crippen LogP contribution in [0.5, 0.6) is 11.6 Å². The van der Waals surface area contributed by atoms with Gasteiger partial charge in [0.1, 0.15) is 17.4 Å². The number of ether oxygens (including phenoxy) is 2. The molecule has 1 N–H and O–H groups in total. The number of pyridine rings is 1. The van der Waals surface area contributed by atoms with E-state index < -0.39 is 17.2 Å². The summed E-state index contributed by atoms with van der Waals surface area (Å²) in [6, 6.07) is 9.14. The van der Waals surface area contributed by atoms with Crippen molar-refractivity contribution < 1.29 is 19.4 Å². The SMILES string of the molecule is CCc1ccc(OCC(=O)c2c(C)c(C#N)c(=O)n(CCOC)c2O)cc1. The van der Waals surface area contributed by atoms with Gasteiger partial charge in [0.15, 0.2) is 6.61 Å². The van der Waals surface area contributed by atoms with E-state index in [-0.39, 0.29) is 36.4 Å². The van der Waals surface area contributed by atoms with E-state index in [0.29, 0.717) is 5.75 Å². The Morgan fingerprint density at radius 2 is 1.96 bits per heavy atom. The van der Waals surface area contributed by atoms with Crippen LogP contribution in [0.15, 0.2) is 29.1 Å². The first kappa shape index (κ1) is 20.2. The van der Waals surface area contributed by atoms with Crippen LogP contribution >= 0.6 is 0 Å². The zero-order valence-electron chi connectivity index (χ0n) is 15.6. The number of rotatable bonds is 8. The fourth-order valence-electron chi connectivity index (χ4n) is 2.72. The third-order valence-electron chi connectivity index (χ3n) is 4.30. The Labute approximate surface area is 157 Å². The van der Waals surface area contributed by atoms with Crippen LogP contribution in [-0.4, -0.2) is 35.8 Å². The summed E-state index contributed by atoms with van der Waals surface area (Å²) in [6.45, 7) is 3.35. The van der Waals surface area contributed by atoms with Gasteiger partial charge in [-0.15, -0.1) is 0 Å². The summed E-state index contributed by atoms with van der Waals surface area (Å²) in [7, 11) is 1.45. The molecule has 7 nitrogen and oxygen atoms in total. The minimum Gasteiger partial charge on any atom is -0.494 e. The fraction of sp³-hybridized carbons (Fsp3) is 0.350. The van der Waals surface area contributed by atoms with E-state index in [4.69, 9.17) is 9.47 Å². The second kappa shape index (κ2) is 9.01. The number of nitriles is 1. The van der Waals surface area contributed by atoms with Gasteiger partial charge in [-0.25, -0.2) is 0 Å². The zero-order valence-corrected chi connectivity index (χ0v) is 15.6. The fourth-order valence-corrected chi connectivity index (χ4v) is 2.72. The number of Topliss-reactive ketones (excluding diaryl/α,β-unsaturated/α-hetero) is 1. The van der Waals surface area contributed by atoms with Crippen LogP contribution in [0.3, 0.4) is 0 Å². The lowest BCUT2D eigenvalue weighted by molar-refractivity contribution is 0.0915. The van der Waals surface area contributed by atoms with Crippen molar-refractivity contribution in [2.75, 3.05) is 20.3 Å². The molecule has 1 heterocycles. The molecular weight excluding hydrogens is 348 g/mol. The van der Waals surface area contributed by atoms with E-state index in [1.54, 1.807) is 12.1 Å². The van der Waals surface area contributed by atoms with Crippen molar-refractivity contribution in [1.29, 1.82) is 5.26 Å². The average molecular weight is 370 g/mol. The van der Waals surface area contributed by atoms with E-state index in [1.165, 1.54) is 14.0 Å². The first-order valence-electron chi connectivity index (χ1n) is 8.54. The Hall–Kier alpha value is -3.11. The van der Waals surface area contributed by atoms with E-state index in [9.17, 15) is 20.0 Å². The van der Waals surface area contributed by atoms with Crippen LogP contribution in [0, 0.1) is 18.3 Å². The number of benzene rings is 1. The molecule has 7 heteroatoms. The van der Waals surface area contributed by atoms with E-state index in [1.807, 2.05) is 25.1 Å². The molecular formula is C20H22N2O5. The molecule has 0 saturated carbocycles. The van der Waals surface area contributed by atoms with Crippen molar-refractivity contribution in [3.05, 3.63) is 56.9 Å². The Balaban J connectivity index is 2.33. The molecule has 1 aromatic carbocycles. The lowest BCUT2D eigenvalue weighted by atomic mass is 10.0. The maximum absolute atomic E-state index is 12.6. The summed E-state index contributed by atoms with van der Waals surface area (Å²) in [5.74, 6) is -0.485. The predicted molar refractivity (Wildman–Crippen MR) is 99.3 cm³/mol. The van der Waals surface area contributed by atoms with Gasteiger partial charge in [-0.3, -0.25) is 14.2 Å². The standard InChI is InChI=1S/C20H22N2O5/c1-4-14-5-7-15(8-6-14)27-12-17(23)18-13(2)16(11-21)19(24)22(20(18)25)9-10-26-3/h5-8,25H,4,9-10,12H2,1-3H3. The number of aromatic hydroxyl groups is 1. The molecule has 0 aliphatic carbocycles. The number of aromatic nitrogens is 1. The first-order chi connectivity index (χ1) is 12.9. The molecule has 0 saturated heterocycles. The van der Waals surface area contributed by atoms with E-state index in [0.717, 1.165) is 16.6 Å². The smallest absolute Gasteiger partial charge is 0.271 e.